The van der Waals surface area contributed by atoms with Gasteiger partial charge in [0.25, 0.3) is 5.82 Å². The van der Waals surface area contributed by atoms with Crippen molar-refractivity contribution in [1.82, 2.24) is 14.8 Å². The van der Waals surface area contributed by atoms with Crippen molar-refractivity contribution in [2.45, 2.75) is 0 Å². The number of rotatable bonds is 2. The quantitative estimate of drug-likeness (QED) is 0.669. The predicted molar refractivity (Wildman–Crippen MR) is 64.8 cm³/mol. The molecule has 0 fully saturated rings. The van der Waals surface area contributed by atoms with Crippen molar-refractivity contribution in [2.24, 2.45) is 0 Å². The van der Waals surface area contributed by atoms with Crippen molar-refractivity contribution >= 4 is 27.6 Å². The molecule has 2 N–H and O–H groups in total. The first kappa shape index (κ1) is 11.6. The largest absolute Gasteiger partial charge is 0.463 e. The van der Waals surface area contributed by atoms with Crippen LogP contribution < -0.4 is 5.73 Å². The Morgan fingerprint density at radius 1 is 1.53 bits per heavy atom. The van der Waals surface area contributed by atoms with Gasteiger partial charge < -0.3 is 10.5 Å². The molecule has 88 valence electrons. The summed E-state index contributed by atoms with van der Waals surface area (Å²) in [5, 5.41) is 3.98. The summed E-state index contributed by atoms with van der Waals surface area (Å²) in [5.41, 5.74) is 6.99. The second-order valence-electron chi connectivity index (χ2n) is 3.21. The molecule has 0 spiro atoms. The van der Waals surface area contributed by atoms with Crippen LogP contribution in [0.5, 0.6) is 0 Å². The van der Waals surface area contributed by atoms with E-state index < -0.39 is 5.97 Å². The van der Waals surface area contributed by atoms with Gasteiger partial charge in [-0.3, -0.25) is 0 Å². The summed E-state index contributed by atoms with van der Waals surface area (Å²) < 4.78 is 6.80. The number of methoxy groups -OCH3 is 1. The molecule has 1 aromatic heterocycles. The number of hydrogen-bond donors (Lipinski definition) is 1. The van der Waals surface area contributed by atoms with Crippen LogP contribution >= 0.6 is 15.9 Å². The molecule has 0 bridgehead atoms. The minimum atomic E-state index is -0.586. The first-order valence-corrected chi connectivity index (χ1v) is 5.46. The summed E-state index contributed by atoms with van der Waals surface area (Å²) >= 11 is 3.33. The van der Waals surface area contributed by atoms with E-state index >= 15 is 0 Å². The average molecular weight is 297 g/mol. The molecule has 0 atom stereocenters. The van der Waals surface area contributed by atoms with Gasteiger partial charge in [0.1, 0.15) is 6.33 Å². The normalized spacial score (nSPS) is 10.2. The van der Waals surface area contributed by atoms with E-state index in [-0.39, 0.29) is 5.82 Å². The van der Waals surface area contributed by atoms with E-state index in [0.29, 0.717) is 11.4 Å². The summed E-state index contributed by atoms with van der Waals surface area (Å²) in [4.78, 5) is 15.0. The van der Waals surface area contributed by atoms with Gasteiger partial charge in [0, 0.05) is 4.47 Å². The molecule has 7 heteroatoms. The van der Waals surface area contributed by atoms with E-state index in [9.17, 15) is 4.79 Å². The molecule has 0 aliphatic carbocycles. The minimum absolute atomic E-state index is 0.00752. The fraction of sp³-hybridized carbons (Fsp3) is 0.100. The Morgan fingerprint density at radius 3 is 3.00 bits per heavy atom. The lowest BCUT2D eigenvalue weighted by Crippen LogP contribution is -2.06. The van der Waals surface area contributed by atoms with Crippen LogP contribution in [0.2, 0.25) is 0 Å². The molecular formula is C10H9BrN4O2. The number of ether oxygens (including phenoxy) is 1. The minimum Gasteiger partial charge on any atom is -0.463 e. The third kappa shape index (κ3) is 2.28. The third-order valence-electron chi connectivity index (χ3n) is 2.10. The number of hydrogen-bond acceptors (Lipinski definition) is 5. The topological polar surface area (TPSA) is 83.0 Å². The second-order valence-corrected chi connectivity index (χ2v) is 4.12. The predicted octanol–water partition coefficient (Wildman–Crippen LogP) is 1.40. The molecule has 1 aromatic carbocycles. The number of carbonyl (C=O) groups is 1. The van der Waals surface area contributed by atoms with Gasteiger partial charge in [-0.25, -0.2) is 14.5 Å². The lowest BCUT2D eigenvalue weighted by Gasteiger charge is -2.04. The van der Waals surface area contributed by atoms with Crippen LogP contribution in [0.1, 0.15) is 10.6 Å². The fourth-order valence-corrected chi connectivity index (χ4v) is 1.63. The number of halogens is 1. The zero-order valence-corrected chi connectivity index (χ0v) is 10.5. The highest BCUT2D eigenvalue weighted by molar-refractivity contribution is 9.10. The van der Waals surface area contributed by atoms with Crippen molar-refractivity contribution in [3.8, 4) is 5.69 Å². The molecule has 6 nitrogen and oxygen atoms in total. The van der Waals surface area contributed by atoms with Crippen molar-refractivity contribution < 1.29 is 9.53 Å². The number of nitrogen functional groups attached to an aromatic ring is 1. The van der Waals surface area contributed by atoms with Crippen molar-refractivity contribution in [3.05, 3.63) is 34.8 Å². The Balaban J connectivity index is 2.43. The van der Waals surface area contributed by atoms with Crippen molar-refractivity contribution in [2.75, 3.05) is 12.8 Å². The maximum absolute atomic E-state index is 11.2. The monoisotopic (exact) mass is 296 g/mol. The molecule has 1 heterocycles. The van der Waals surface area contributed by atoms with E-state index in [1.165, 1.54) is 18.1 Å². The molecule has 0 unspecified atom stereocenters. The maximum atomic E-state index is 11.2. The number of esters is 1. The summed E-state index contributed by atoms with van der Waals surface area (Å²) in [5.74, 6) is -0.593. The summed E-state index contributed by atoms with van der Waals surface area (Å²) in [6.07, 6.45) is 1.41. The van der Waals surface area contributed by atoms with E-state index in [2.05, 4.69) is 30.7 Å². The smallest absolute Gasteiger partial charge is 0.377 e. The van der Waals surface area contributed by atoms with Gasteiger partial charge in [-0.1, -0.05) is 15.9 Å². The average Bonchev–Trinajstić information content (AvgIpc) is 2.80. The molecule has 0 radical (unpaired) electrons. The van der Waals surface area contributed by atoms with Crippen LogP contribution in [0.25, 0.3) is 5.69 Å². The zero-order valence-electron chi connectivity index (χ0n) is 8.92. The van der Waals surface area contributed by atoms with Gasteiger partial charge in [0.05, 0.1) is 18.5 Å². The SMILES string of the molecule is COC(=O)c1ncn(-c2cc(Br)ccc2N)n1. The highest BCUT2D eigenvalue weighted by Gasteiger charge is 2.13. The number of carbonyl (C=O) groups excluding carboxylic acids is 1. The standard InChI is InChI=1S/C10H9BrN4O2/c1-17-10(16)9-13-5-15(14-9)8-4-6(11)2-3-7(8)12/h2-5H,12H2,1H3. The van der Waals surface area contributed by atoms with Crippen LogP contribution in [0.15, 0.2) is 29.0 Å². The first-order chi connectivity index (χ1) is 8.11. The van der Waals surface area contributed by atoms with Crippen LogP contribution in [0.4, 0.5) is 5.69 Å². The molecule has 2 aromatic rings. The summed E-state index contributed by atoms with van der Waals surface area (Å²) in [7, 11) is 1.27. The van der Waals surface area contributed by atoms with E-state index in [1.807, 2.05) is 6.07 Å². The number of nitrogens with zero attached hydrogens (tertiary/aromatic N) is 3. The molecule has 17 heavy (non-hydrogen) atoms. The molecule has 0 saturated heterocycles. The lowest BCUT2D eigenvalue weighted by atomic mass is 10.3. The van der Waals surface area contributed by atoms with Gasteiger partial charge in [-0.05, 0) is 18.2 Å². The van der Waals surface area contributed by atoms with Gasteiger partial charge in [-0.15, -0.1) is 5.10 Å². The third-order valence-corrected chi connectivity index (χ3v) is 2.59. The number of nitrogens with two attached hydrogens (primary N) is 1. The van der Waals surface area contributed by atoms with Gasteiger partial charge in [-0.2, -0.15) is 0 Å². The molecular weight excluding hydrogens is 288 g/mol. The highest BCUT2D eigenvalue weighted by atomic mass is 79.9. The number of benzene rings is 1. The second kappa shape index (κ2) is 4.54. The van der Waals surface area contributed by atoms with Gasteiger partial charge in [0.15, 0.2) is 0 Å². The van der Waals surface area contributed by atoms with E-state index in [0.717, 1.165) is 4.47 Å². The highest BCUT2D eigenvalue weighted by Crippen LogP contribution is 2.21. The van der Waals surface area contributed by atoms with Gasteiger partial charge >= 0.3 is 5.97 Å². The Bertz CT molecular complexity index is 567. The van der Waals surface area contributed by atoms with Crippen molar-refractivity contribution in [3.63, 3.8) is 0 Å². The summed E-state index contributed by atoms with van der Waals surface area (Å²) in [6.45, 7) is 0. The molecule has 0 aliphatic heterocycles. The summed E-state index contributed by atoms with van der Waals surface area (Å²) in [6, 6.07) is 5.33. The Kier molecular flexibility index (Phi) is 3.10. The zero-order chi connectivity index (χ0) is 12.4. The van der Waals surface area contributed by atoms with Crippen LogP contribution in [-0.2, 0) is 4.74 Å². The Morgan fingerprint density at radius 2 is 2.29 bits per heavy atom. The Hall–Kier alpha value is -1.89. The van der Waals surface area contributed by atoms with Crippen molar-refractivity contribution in [1.29, 1.82) is 0 Å². The molecule has 2 rings (SSSR count). The molecule has 0 aliphatic rings. The van der Waals surface area contributed by atoms with Crippen LogP contribution in [0.3, 0.4) is 0 Å². The van der Waals surface area contributed by atoms with E-state index in [4.69, 9.17) is 5.73 Å². The van der Waals surface area contributed by atoms with Crippen LogP contribution in [0, 0.1) is 0 Å². The van der Waals surface area contributed by atoms with Gasteiger partial charge in [0.2, 0.25) is 0 Å². The molecule has 0 amide bonds. The number of anilines is 1. The van der Waals surface area contributed by atoms with E-state index in [1.54, 1.807) is 12.1 Å². The lowest BCUT2D eigenvalue weighted by molar-refractivity contribution is 0.0587. The molecule has 0 saturated carbocycles. The van der Waals surface area contributed by atoms with Crippen LogP contribution in [-0.4, -0.2) is 27.8 Å². The first-order valence-electron chi connectivity index (χ1n) is 4.67. The fourth-order valence-electron chi connectivity index (χ4n) is 1.28. The maximum Gasteiger partial charge on any atom is 0.377 e. The number of aromatic nitrogens is 3. The Labute approximate surface area is 106 Å².